The summed E-state index contributed by atoms with van der Waals surface area (Å²) in [4.78, 5) is 22.7. The third-order valence-corrected chi connectivity index (χ3v) is 3.13. The van der Waals surface area contributed by atoms with Crippen LogP contribution < -0.4 is 5.56 Å². The van der Waals surface area contributed by atoms with Crippen molar-refractivity contribution in [1.29, 1.82) is 0 Å². The highest BCUT2D eigenvalue weighted by atomic mass is 19.1. The fourth-order valence-electron chi connectivity index (χ4n) is 2.03. The molecule has 4 nitrogen and oxygen atoms in total. The van der Waals surface area contributed by atoms with Crippen LogP contribution in [-0.4, -0.2) is 15.6 Å². The standard InChI is InChI=1S/C15H14FNO3/c1-17-13(10-2-6-12(16)7-3-10)8-4-11(15(17)20)5-9-14(18)19/h2-4,6-8H,5,9H2,1H3,(H,18,19). The van der Waals surface area contributed by atoms with E-state index in [0.717, 1.165) is 5.56 Å². The molecule has 0 amide bonds. The number of nitrogens with zero attached hydrogens (tertiary/aromatic N) is 1. The first-order valence-electron chi connectivity index (χ1n) is 6.15. The van der Waals surface area contributed by atoms with Crippen LogP contribution in [0.2, 0.25) is 0 Å². The molecule has 0 aliphatic heterocycles. The number of hydrogen-bond acceptors (Lipinski definition) is 2. The molecule has 0 aliphatic rings. The zero-order valence-corrected chi connectivity index (χ0v) is 11.0. The second-order valence-corrected chi connectivity index (χ2v) is 4.51. The van der Waals surface area contributed by atoms with E-state index in [1.165, 1.54) is 16.7 Å². The number of aromatic nitrogens is 1. The van der Waals surface area contributed by atoms with Crippen LogP contribution in [0, 0.1) is 5.82 Å². The molecule has 0 atom stereocenters. The minimum atomic E-state index is -0.935. The lowest BCUT2D eigenvalue weighted by molar-refractivity contribution is -0.136. The van der Waals surface area contributed by atoms with E-state index in [1.54, 1.807) is 31.3 Å². The van der Waals surface area contributed by atoms with Gasteiger partial charge in [-0.15, -0.1) is 0 Å². The first-order valence-corrected chi connectivity index (χ1v) is 6.15. The summed E-state index contributed by atoms with van der Waals surface area (Å²) in [6.45, 7) is 0. The number of carboxylic acids is 1. The smallest absolute Gasteiger partial charge is 0.303 e. The molecular formula is C15H14FNO3. The van der Waals surface area contributed by atoms with Gasteiger partial charge in [0.25, 0.3) is 5.56 Å². The predicted molar refractivity (Wildman–Crippen MR) is 73.0 cm³/mol. The van der Waals surface area contributed by atoms with Gasteiger partial charge in [-0.05, 0) is 42.3 Å². The van der Waals surface area contributed by atoms with Crippen LogP contribution >= 0.6 is 0 Å². The SMILES string of the molecule is Cn1c(-c2ccc(F)cc2)ccc(CCC(=O)O)c1=O. The van der Waals surface area contributed by atoms with Gasteiger partial charge >= 0.3 is 5.97 Å². The second-order valence-electron chi connectivity index (χ2n) is 4.51. The van der Waals surface area contributed by atoms with Crippen molar-refractivity contribution < 1.29 is 14.3 Å². The van der Waals surface area contributed by atoms with Crippen molar-refractivity contribution in [1.82, 2.24) is 4.57 Å². The maximum atomic E-state index is 12.9. The van der Waals surface area contributed by atoms with E-state index in [9.17, 15) is 14.0 Å². The molecule has 104 valence electrons. The first-order chi connectivity index (χ1) is 9.49. The van der Waals surface area contributed by atoms with Gasteiger partial charge in [-0.3, -0.25) is 9.59 Å². The Morgan fingerprint density at radius 1 is 1.20 bits per heavy atom. The Balaban J connectivity index is 2.38. The summed E-state index contributed by atoms with van der Waals surface area (Å²) in [6.07, 6.45) is 0.122. The maximum Gasteiger partial charge on any atom is 0.303 e. The molecule has 5 heteroatoms. The van der Waals surface area contributed by atoms with Crippen molar-refractivity contribution >= 4 is 5.97 Å². The van der Waals surface area contributed by atoms with Crippen LogP contribution in [0.5, 0.6) is 0 Å². The van der Waals surface area contributed by atoms with Crippen molar-refractivity contribution in [3.8, 4) is 11.3 Å². The van der Waals surface area contributed by atoms with E-state index >= 15 is 0 Å². The van der Waals surface area contributed by atoms with Crippen LogP contribution in [0.15, 0.2) is 41.2 Å². The summed E-state index contributed by atoms with van der Waals surface area (Å²) < 4.78 is 14.3. The lowest BCUT2D eigenvalue weighted by atomic mass is 10.1. The van der Waals surface area contributed by atoms with Gasteiger partial charge in [0.15, 0.2) is 0 Å². The first kappa shape index (κ1) is 14.0. The monoisotopic (exact) mass is 275 g/mol. The molecule has 2 aromatic rings. The normalized spacial score (nSPS) is 10.5. The van der Waals surface area contributed by atoms with Gasteiger partial charge in [0.2, 0.25) is 0 Å². The zero-order chi connectivity index (χ0) is 14.7. The van der Waals surface area contributed by atoms with Gasteiger partial charge in [-0.2, -0.15) is 0 Å². The molecule has 20 heavy (non-hydrogen) atoms. The Morgan fingerprint density at radius 2 is 1.85 bits per heavy atom. The Kier molecular flexibility index (Phi) is 3.98. The molecule has 2 rings (SSSR count). The molecule has 0 unspecified atom stereocenters. The molecule has 1 aromatic carbocycles. The van der Waals surface area contributed by atoms with E-state index in [-0.39, 0.29) is 24.2 Å². The van der Waals surface area contributed by atoms with Gasteiger partial charge in [0.1, 0.15) is 5.82 Å². The quantitative estimate of drug-likeness (QED) is 0.930. The molecule has 0 fully saturated rings. The van der Waals surface area contributed by atoms with Crippen molar-refractivity contribution in [2.24, 2.45) is 7.05 Å². The number of halogens is 1. The topological polar surface area (TPSA) is 59.3 Å². The average Bonchev–Trinajstić information content (AvgIpc) is 2.42. The van der Waals surface area contributed by atoms with Crippen LogP contribution in [0.4, 0.5) is 4.39 Å². The highest BCUT2D eigenvalue weighted by Crippen LogP contribution is 2.18. The summed E-state index contributed by atoms with van der Waals surface area (Å²) in [5.74, 6) is -1.27. The summed E-state index contributed by atoms with van der Waals surface area (Å²) >= 11 is 0. The van der Waals surface area contributed by atoms with Gasteiger partial charge < -0.3 is 9.67 Å². The molecule has 1 heterocycles. The van der Waals surface area contributed by atoms with E-state index in [1.807, 2.05) is 0 Å². The molecule has 0 spiro atoms. The Labute approximate surface area is 115 Å². The summed E-state index contributed by atoms with van der Waals surface area (Å²) in [5, 5.41) is 8.65. The molecule has 0 aliphatic carbocycles. The van der Waals surface area contributed by atoms with Crippen molar-refractivity contribution in [3.05, 3.63) is 58.1 Å². The molecule has 1 aromatic heterocycles. The number of benzene rings is 1. The Hall–Kier alpha value is -2.43. The predicted octanol–water partition coefficient (Wildman–Crippen LogP) is 2.21. The third kappa shape index (κ3) is 2.93. The third-order valence-electron chi connectivity index (χ3n) is 3.13. The lowest BCUT2D eigenvalue weighted by Gasteiger charge is -2.10. The van der Waals surface area contributed by atoms with Crippen LogP contribution in [-0.2, 0) is 18.3 Å². The van der Waals surface area contributed by atoms with Crippen LogP contribution in [0.1, 0.15) is 12.0 Å². The van der Waals surface area contributed by atoms with Gasteiger partial charge in [0.05, 0.1) is 5.69 Å². The minimum Gasteiger partial charge on any atom is -0.481 e. The Morgan fingerprint density at radius 3 is 2.45 bits per heavy atom. The molecule has 1 N–H and O–H groups in total. The molecule has 0 bridgehead atoms. The highest BCUT2D eigenvalue weighted by Gasteiger charge is 2.09. The number of carbonyl (C=O) groups is 1. The van der Waals surface area contributed by atoms with E-state index < -0.39 is 5.97 Å². The summed E-state index contributed by atoms with van der Waals surface area (Å²) in [6, 6.07) is 9.23. The number of carboxylic acid groups (broad SMARTS) is 1. The van der Waals surface area contributed by atoms with Gasteiger partial charge in [0, 0.05) is 19.0 Å². The van der Waals surface area contributed by atoms with E-state index in [0.29, 0.717) is 11.3 Å². The van der Waals surface area contributed by atoms with Crippen molar-refractivity contribution in [2.75, 3.05) is 0 Å². The molecular weight excluding hydrogens is 261 g/mol. The van der Waals surface area contributed by atoms with Crippen LogP contribution in [0.3, 0.4) is 0 Å². The maximum absolute atomic E-state index is 12.9. The minimum absolute atomic E-state index is 0.0782. The summed E-state index contributed by atoms with van der Waals surface area (Å²) in [5.41, 5.74) is 1.62. The summed E-state index contributed by atoms with van der Waals surface area (Å²) in [7, 11) is 1.62. The lowest BCUT2D eigenvalue weighted by Crippen LogP contribution is -2.22. The van der Waals surface area contributed by atoms with E-state index in [2.05, 4.69) is 0 Å². The number of aliphatic carboxylic acids is 1. The Bertz CT molecular complexity index is 689. The molecule has 0 radical (unpaired) electrons. The van der Waals surface area contributed by atoms with Gasteiger partial charge in [-0.25, -0.2) is 4.39 Å². The molecule has 0 saturated heterocycles. The number of rotatable bonds is 4. The average molecular weight is 275 g/mol. The fourth-order valence-corrected chi connectivity index (χ4v) is 2.03. The van der Waals surface area contributed by atoms with Gasteiger partial charge in [-0.1, -0.05) is 6.07 Å². The molecule has 0 saturated carbocycles. The number of aryl methyl sites for hydroxylation is 1. The number of hydrogen-bond donors (Lipinski definition) is 1. The van der Waals surface area contributed by atoms with Crippen molar-refractivity contribution in [2.45, 2.75) is 12.8 Å². The fraction of sp³-hybridized carbons (Fsp3) is 0.200. The zero-order valence-electron chi connectivity index (χ0n) is 11.0. The highest BCUT2D eigenvalue weighted by molar-refractivity contribution is 5.67. The van der Waals surface area contributed by atoms with Crippen molar-refractivity contribution in [3.63, 3.8) is 0 Å². The van der Waals surface area contributed by atoms with Crippen LogP contribution in [0.25, 0.3) is 11.3 Å². The number of pyridine rings is 1. The largest absolute Gasteiger partial charge is 0.481 e. The van der Waals surface area contributed by atoms with E-state index in [4.69, 9.17) is 5.11 Å². The second kappa shape index (κ2) is 5.69.